The van der Waals surface area contributed by atoms with Crippen LogP contribution in [0.1, 0.15) is 21.7 Å². The third kappa shape index (κ3) is 5.66. The van der Waals surface area contributed by atoms with Gasteiger partial charge in [0.1, 0.15) is 5.82 Å². The van der Waals surface area contributed by atoms with E-state index in [0.29, 0.717) is 16.7 Å². The number of hydrogen-bond donors (Lipinski definition) is 2. The van der Waals surface area contributed by atoms with Gasteiger partial charge in [0.15, 0.2) is 11.0 Å². The number of anilines is 1. The van der Waals surface area contributed by atoms with E-state index in [0.717, 1.165) is 17.3 Å². The van der Waals surface area contributed by atoms with Gasteiger partial charge >= 0.3 is 0 Å². The molecule has 0 aliphatic rings. The molecule has 3 rings (SSSR count). The number of amides is 2. The molecule has 10 nitrogen and oxygen atoms in total. The van der Waals surface area contributed by atoms with E-state index in [1.807, 2.05) is 0 Å². The molecule has 2 N–H and O–H groups in total. The molecule has 2 aromatic carbocycles. The van der Waals surface area contributed by atoms with Crippen LogP contribution in [-0.2, 0) is 18.4 Å². The summed E-state index contributed by atoms with van der Waals surface area (Å²) in [6, 6.07) is 9.54. The number of carbonyl (C=O) groups excluding carboxylic acids is 2. The average Bonchev–Trinajstić information content (AvgIpc) is 3.12. The van der Waals surface area contributed by atoms with Crippen molar-refractivity contribution in [3.63, 3.8) is 0 Å². The Kier molecular flexibility index (Phi) is 7.15. The molecule has 0 fully saturated rings. The normalized spacial score (nSPS) is 10.6. The predicted octanol–water partition coefficient (Wildman–Crippen LogP) is 2.83. The topological polar surface area (TPSA) is 132 Å². The molecule has 0 radical (unpaired) electrons. The lowest BCUT2D eigenvalue weighted by Gasteiger charge is -2.08. The summed E-state index contributed by atoms with van der Waals surface area (Å²) in [5, 5.41) is 24.6. The molecule has 0 aliphatic heterocycles. The number of nitro groups is 1. The summed E-state index contributed by atoms with van der Waals surface area (Å²) in [6.07, 6.45) is 0. The SMILES string of the molecule is Cc1ccc(F)cc1NC(=O)CSc1nnc(CNC(=O)c2cccc([N+](=O)[O-])c2)n1C. The zero-order chi connectivity index (χ0) is 23.3. The number of nitro benzene ring substituents is 1. The van der Waals surface area contributed by atoms with Crippen molar-refractivity contribution in [1.82, 2.24) is 20.1 Å². The highest BCUT2D eigenvalue weighted by Gasteiger charge is 2.15. The van der Waals surface area contributed by atoms with Gasteiger partial charge in [-0.1, -0.05) is 23.9 Å². The van der Waals surface area contributed by atoms with E-state index in [4.69, 9.17) is 0 Å². The number of hydrogen-bond acceptors (Lipinski definition) is 7. The first-order chi connectivity index (χ1) is 15.2. The number of carbonyl (C=O) groups is 2. The molecule has 12 heteroatoms. The standard InChI is InChI=1S/C20H19FN6O4S/c1-12-6-7-14(21)9-16(12)23-18(28)11-32-20-25-24-17(26(20)2)10-22-19(29)13-4-3-5-15(8-13)27(30)31/h3-9H,10-11H2,1-2H3,(H,22,29)(H,23,28). The number of non-ortho nitro benzene ring substituents is 1. The quantitative estimate of drug-likeness (QED) is 0.301. The van der Waals surface area contributed by atoms with Gasteiger partial charge in [-0.05, 0) is 30.7 Å². The number of nitrogens with one attached hydrogen (secondary N) is 2. The fourth-order valence-electron chi connectivity index (χ4n) is 2.69. The second-order valence-corrected chi connectivity index (χ2v) is 7.69. The van der Waals surface area contributed by atoms with Crippen LogP contribution in [0.2, 0.25) is 0 Å². The maximum Gasteiger partial charge on any atom is 0.270 e. The molecule has 0 aliphatic carbocycles. The molecule has 1 heterocycles. The highest BCUT2D eigenvalue weighted by atomic mass is 32.2. The molecule has 2 amide bonds. The Balaban J connectivity index is 1.55. The molecule has 0 bridgehead atoms. The summed E-state index contributed by atoms with van der Waals surface area (Å²) in [5.41, 5.74) is 1.12. The predicted molar refractivity (Wildman–Crippen MR) is 116 cm³/mol. The maximum atomic E-state index is 13.4. The van der Waals surface area contributed by atoms with E-state index in [1.54, 1.807) is 24.6 Å². The van der Waals surface area contributed by atoms with Crippen LogP contribution in [0.15, 0.2) is 47.6 Å². The first kappa shape index (κ1) is 22.9. The van der Waals surface area contributed by atoms with Gasteiger partial charge in [-0.2, -0.15) is 0 Å². The first-order valence-corrected chi connectivity index (χ1v) is 10.3. The van der Waals surface area contributed by atoms with Crippen LogP contribution in [0, 0.1) is 22.9 Å². The van der Waals surface area contributed by atoms with Crippen molar-refractivity contribution in [3.8, 4) is 0 Å². The minimum atomic E-state index is -0.575. The van der Waals surface area contributed by atoms with Gasteiger partial charge in [-0.3, -0.25) is 19.7 Å². The monoisotopic (exact) mass is 458 g/mol. The molecule has 3 aromatic rings. The average molecular weight is 458 g/mol. The number of nitrogens with zero attached hydrogens (tertiary/aromatic N) is 4. The number of halogens is 1. The third-order valence-electron chi connectivity index (χ3n) is 4.46. The van der Waals surface area contributed by atoms with Gasteiger partial charge < -0.3 is 15.2 Å². The van der Waals surface area contributed by atoms with Gasteiger partial charge in [-0.25, -0.2) is 4.39 Å². The Morgan fingerprint density at radius 2 is 2.00 bits per heavy atom. The van der Waals surface area contributed by atoms with Crippen LogP contribution in [0.3, 0.4) is 0 Å². The number of benzene rings is 2. The highest BCUT2D eigenvalue weighted by molar-refractivity contribution is 7.99. The molecule has 1 aromatic heterocycles. The largest absolute Gasteiger partial charge is 0.345 e. The first-order valence-electron chi connectivity index (χ1n) is 9.34. The van der Waals surface area contributed by atoms with Crippen LogP contribution in [0.25, 0.3) is 0 Å². The molecular formula is C20H19FN6O4S. The number of aryl methyl sites for hydroxylation is 1. The molecular weight excluding hydrogens is 439 g/mol. The molecule has 0 saturated heterocycles. The zero-order valence-electron chi connectivity index (χ0n) is 17.2. The van der Waals surface area contributed by atoms with Crippen LogP contribution in [-0.4, -0.2) is 37.3 Å². The third-order valence-corrected chi connectivity index (χ3v) is 5.48. The maximum absolute atomic E-state index is 13.4. The number of thioether (sulfide) groups is 1. The van der Waals surface area contributed by atoms with Gasteiger partial charge in [0, 0.05) is 30.4 Å². The molecule has 0 saturated carbocycles. The van der Waals surface area contributed by atoms with E-state index in [9.17, 15) is 24.1 Å². The summed E-state index contributed by atoms with van der Waals surface area (Å²) in [6.45, 7) is 1.80. The van der Waals surface area contributed by atoms with Crippen LogP contribution >= 0.6 is 11.8 Å². The molecule has 0 unspecified atom stereocenters. The molecule has 0 atom stereocenters. The fraction of sp³-hybridized carbons (Fsp3) is 0.200. The van der Waals surface area contributed by atoms with Gasteiger partial charge in [0.25, 0.3) is 11.6 Å². The Hall–Kier alpha value is -3.80. The van der Waals surface area contributed by atoms with Crippen molar-refractivity contribution in [2.75, 3.05) is 11.1 Å². The van der Waals surface area contributed by atoms with Crippen molar-refractivity contribution in [3.05, 3.63) is 75.3 Å². The summed E-state index contributed by atoms with van der Waals surface area (Å²) >= 11 is 1.14. The van der Waals surface area contributed by atoms with E-state index >= 15 is 0 Å². The fourth-order valence-corrected chi connectivity index (χ4v) is 3.42. The Morgan fingerprint density at radius 3 is 2.75 bits per heavy atom. The Labute approximate surface area is 186 Å². The summed E-state index contributed by atoms with van der Waals surface area (Å²) in [7, 11) is 1.69. The van der Waals surface area contributed by atoms with Gasteiger partial charge in [0.2, 0.25) is 5.91 Å². The van der Waals surface area contributed by atoms with Crippen LogP contribution in [0.4, 0.5) is 15.8 Å². The van der Waals surface area contributed by atoms with E-state index in [-0.39, 0.29) is 29.5 Å². The van der Waals surface area contributed by atoms with E-state index < -0.39 is 16.6 Å². The minimum absolute atomic E-state index is 0.0297. The molecule has 166 valence electrons. The van der Waals surface area contributed by atoms with Crippen molar-refractivity contribution in [2.45, 2.75) is 18.6 Å². The lowest BCUT2D eigenvalue weighted by Crippen LogP contribution is -2.24. The van der Waals surface area contributed by atoms with Crippen molar-refractivity contribution >= 4 is 35.0 Å². The second-order valence-electron chi connectivity index (χ2n) is 6.74. The zero-order valence-corrected chi connectivity index (χ0v) is 18.0. The van der Waals surface area contributed by atoms with Crippen molar-refractivity contribution < 1.29 is 18.9 Å². The summed E-state index contributed by atoms with van der Waals surface area (Å²) in [5.74, 6) is -0.790. The second kappa shape index (κ2) is 10.0. The minimum Gasteiger partial charge on any atom is -0.345 e. The van der Waals surface area contributed by atoms with E-state index in [1.165, 1.54) is 36.4 Å². The lowest BCUT2D eigenvalue weighted by molar-refractivity contribution is -0.384. The van der Waals surface area contributed by atoms with Gasteiger partial charge in [0.05, 0.1) is 17.2 Å². The van der Waals surface area contributed by atoms with Gasteiger partial charge in [-0.15, -0.1) is 10.2 Å². The Bertz CT molecular complexity index is 1180. The summed E-state index contributed by atoms with van der Waals surface area (Å²) < 4.78 is 15.0. The van der Waals surface area contributed by atoms with Crippen molar-refractivity contribution in [2.24, 2.45) is 7.05 Å². The Morgan fingerprint density at radius 1 is 1.22 bits per heavy atom. The smallest absolute Gasteiger partial charge is 0.270 e. The highest BCUT2D eigenvalue weighted by Crippen LogP contribution is 2.19. The van der Waals surface area contributed by atoms with E-state index in [2.05, 4.69) is 20.8 Å². The lowest BCUT2D eigenvalue weighted by atomic mass is 10.2. The number of aromatic nitrogens is 3. The van der Waals surface area contributed by atoms with Crippen LogP contribution < -0.4 is 10.6 Å². The number of rotatable bonds is 8. The van der Waals surface area contributed by atoms with Crippen molar-refractivity contribution in [1.29, 1.82) is 0 Å². The molecule has 0 spiro atoms. The summed E-state index contributed by atoms with van der Waals surface area (Å²) in [4.78, 5) is 34.7. The molecule has 32 heavy (non-hydrogen) atoms. The van der Waals surface area contributed by atoms with Crippen LogP contribution in [0.5, 0.6) is 0 Å².